The Labute approximate surface area is 76.5 Å². The molecule has 1 nitrogen and oxygen atoms in total. The monoisotopic (exact) mass is 167 g/mol. The van der Waals surface area contributed by atoms with Gasteiger partial charge in [0.15, 0.2) is 0 Å². The third-order valence-corrected chi connectivity index (χ3v) is 2.74. The first-order valence-electron chi connectivity index (χ1n) is 4.80. The lowest BCUT2D eigenvalue weighted by atomic mass is 9.75. The van der Waals surface area contributed by atoms with Gasteiger partial charge in [0.1, 0.15) is 0 Å². The van der Waals surface area contributed by atoms with E-state index in [1.165, 1.54) is 18.5 Å². The summed E-state index contributed by atoms with van der Waals surface area (Å²) in [5.41, 5.74) is 2.02. The van der Waals surface area contributed by atoms with Gasteiger partial charge in [-0.1, -0.05) is 26.8 Å². The molecule has 0 bridgehead atoms. The van der Waals surface area contributed by atoms with Gasteiger partial charge in [-0.3, -0.25) is 0 Å². The molecule has 0 fully saturated rings. The SMILES string of the molecule is CC1CC(C)(C)CC=C1N(C)C. The smallest absolute Gasteiger partial charge is 0.0116 e. The van der Waals surface area contributed by atoms with Crippen molar-refractivity contribution in [3.63, 3.8) is 0 Å². The molecule has 0 aromatic rings. The molecule has 0 amide bonds. The van der Waals surface area contributed by atoms with Crippen molar-refractivity contribution < 1.29 is 0 Å². The third-order valence-electron chi connectivity index (χ3n) is 2.74. The normalized spacial score (nSPS) is 28.1. The Hall–Kier alpha value is -0.460. The molecule has 1 aliphatic rings. The van der Waals surface area contributed by atoms with E-state index in [4.69, 9.17) is 0 Å². The Bertz CT molecular complexity index is 189. The molecule has 0 aromatic heterocycles. The number of rotatable bonds is 1. The fourth-order valence-corrected chi connectivity index (χ4v) is 2.22. The fourth-order valence-electron chi connectivity index (χ4n) is 2.22. The quantitative estimate of drug-likeness (QED) is 0.580. The van der Waals surface area contributed by atoms with Crippen molar-refractivity contribution in [2.45, 2.75) is 33.6 Å². The van der Waals surface area contributed by atoms with Crippen LogP contribution in [0.15, 0.2) is 11.8 Å². The molecule has 0 aromatic carbocycles. The van der Waals surface area contributed by atoms with Gasteiger partial charge in [-0.2, -0.15) is 0 Å². The number of allylic oxidation sites excluding steroid dienone is 2. The highest BCUT2D eigenvalue weighted by Gasteiger charge is 2.27. The zero-order valence-electron chi connectivity index (χ0n) is 9.02. The van der Waals surface area contributed by atoms with E-state index in [1.54, 1.807) is 0 Å². The Balaban J connectivity index is 2.74. The van der Waals surface area contributed by atoms with Gasteiger partial charge in [-0.15, -0.1) is 0 Å². The van der Waals surface area contributed by atoms with E-state index in [-0.39, 0.29) is 0 Å². The number of hydrogen-bond donors (Lipinski definition) is 0. The summed E-state index contributed by atoms with van der Waals surface area (Å²) >= 11 is 0. The van der Waals surface area contributed by atoms with Crippen LogP contribution >= 0.6 is 0 Å². The molecule has 70 valence electrons. The van der Waals surface area contributed by atoms with Crippen LogP contribution in [0.1, 0.15) is 33.6 Å². The van der Waals surface area contributed by atoms with E-state index in [0.29, 0.717) is 5.41 Å². The lowest BCUT2D eigenvalue weighted by Crippen LogP contribution is -2.27. The minimum atomic E-state index is 0.513. The van der Waals surface area contributed by atoms with Crippen molar-refractivity contribution in [1.82, 2.24) is 4.90 Å². The van der Waals surface area contributed by atoms with Gasteiger partial charge < -0.3 is 4.90 Å². The van der Waals surface area contributed by atoms with E-state index in [9.17, 15) is 0 Å². The van der Waals surface area contributed by atoms with Crippen molar-refractivity contribution in [1.29, 1.82) is 0 Å². The molecule has 1 heteroatoms. The minimum absolute atomic E-state index is 0.513. The highest BCUT2D eigenvalue weighted by atomic mass is 15.1. The first-order valence-corrected chi connectivity index (χ1v) is 4.80. The standard InChI is InChI=1S/C11H21N/c1-9-8-11(2,3)7-6-10(9)12(4)5/h6,9H,7-8H2,1-5H3. The van der Waals surface area contributed by atoms with Crippen LogP contribution in [0.5, 0.6) is 0 Å². The summed E-state index contributed by atoms with van der Waals surface area (Å²) in [5, 5.41) is 0. The van der Waals surface area contributed by atoms with Gasteiger partial charge in [0.25, 0.3) is 0 Å². The second-order valence-corrected chi connectivity index (χ2v) is 5.00. The predicted molar refractivity (Wildman–Crippen MR) is 53.9 cm³/mol. The van der Waals surface area contributed by atoms with Crippen LogP contribution in [-0.2, 0) is 0 Å². The Morgan fingerprint density at radius 2 is 2.00 bits per heavy atom. The van der Waals surface area contributed by atoms with Crippen LogP contribution in [0.2, 0.25) is 0 Å². The lowest BCUT2D eigenvalue weighted by molar-refractivity contribution is 0.248. The molecule has 0 saturated carbocycles. The largest absolute Gasteiger partial charge is 0.381 e. The fraction of sp³-hybridized carbons (Fsp3) is 0.818. The summed E-state index contributed by atoms with van der Waals surface area (Å²) in [7, 11) is 4.28. The van der Waals surface area contributed by atoms with E-state index in [2.05, 4.69) is 45.8 Å². The first-order chi connectivity index (χ1) is 5.42. The van der Waals surface area contributed by atoms with Crippen molar-refractivity contribution in [2.24, 2.45) is 11.3 Å². The molecule has 0 spiro atoms. The Kier molecular flexibility index (Phi) is 2.50. The zero-order valence-corrected chi connectivity index (χ0v) is 9.02. The van der Waals surface area contributed by atoms with Gasteiger partial charge >= 0.3 is 0 Å². The molecule has 12 heavy (non-hydrogen) atoms. The highest BCUT2D eigenvalue weighted by molar-refractivity contribution is 5.10. The van der Waals surface area contributed by atoms with Crippen LogP contribution in [0.3, 0.4) is 0 Å². The van der Waals surface area contributed by atoms with E-state index < -0.39 is 0 Å². The molecular formula is C11H21N. The van der Waals surface area contributed by atoms with Gasteiger partial charge in [0, 0.05) is 19.8 Å². The average Bonchev–Trinajstić information content (AvgIpc) is 1.83. The average molecular weight is 167 g/mol. The third kappa shape index (κ3) is 2.02. The Morgan fingerprint density at radius 1 is 1.42 bits per heavy atom. The summed E-state index contributed by atoms with van der Waals surface area (Å²) < 4.78 is 0. The maximum atomic E-state index is 2.40. The predicted octanol–water partition coefficient (Wildman–Crippen LogP) is 2.89. The van der Waals surface area contributed by atoms with E-state index in [1.807, 2.05) is 0 Å². The van der Waals surface area contributed by atoms with Crippen molar-refractivity contribution >= 4 is 0 Å². The molecule has 1 aliphatic carbocycles. The summed E-state index contributed by atoms with van der Waals surface area (Å²) in [5.74, 6) is 0.726. The summed E-state index contributed by atoms with van der Waals surface area (Å²) in [6, 6.07) is 0. The molecular weight excluding hydrogens is 146 g/mol. The summed E-state index contributed by atoms with van der Waals surface area (Å²) in [6.45, 7) is 7.03. The van der Waals surface area contributed by atoms with Crippen molar-refractivity contribution in [2.75, 3.05) is 14.1 Å². The van der Waals surface area contributed by atoms with E-state index >= 15 is 0 Å². The van der Waals surface area contributed by atoms with Gasteiger partial charge in [-0.25, -0.2) is 0 Å². The number of hydrogen-bond acceptors (Lipinski definition) is 1. The van der Waals surface area contributed by atoms with Crippen LogP contribution < -0.4 is 0 Å². The van der Waals surface area contributed by atoms with Crippen molar-refractivity contribution in [3.8, 4) is 0 Å². The molecule has 1 rings (SSSR count). The molecule has 0 heterocycles. The topological polar surface area (TPSA) is 3.24 Å². The molecule has 0 saturated heterocycles. The zero-order chi connectivity index (χ0) is 9.35. The summed E-state index contributed by atoms with van der Waals surface area (Å²) in [6.07, 6.45) is 4.94. The maximum Gasteiger partial charge on any atom is 0.0116 e. The van der Waals surface area contributed by atoms with Gasteiger partial charge in [0.2, 0.25) is 0 Å². The Morgan fingerprint density at radius 3 is 2.42 bits per heavy atom. The molecule has 1 unspecified atom stereocenters. The molecule has 0 radical (unpaired) electrons. The molecule has 0 aliphatic heterocycles. The van der Waals surface area contributed by atoms with E-state index in [0.717, 1.165) is 5.92 Å². The van der Waals surface area contributed by atoms with Crippen LogP contribution in [0.4, 0.5) is 0 Å². The van der Waals surface area contributed by atoms with Gasteiger partial charge in [-0.05, 0) is 24.2 Å². The second-order valence-electron chi connectivity index (χ2n) is 5.00. The highest BCUT2D eigenvalue weighted by Crippen LogP contribution is 2.38. The van der Waals surface area contributed by atoms with Crippen LogP contribution in [0.25, 0.3) is 0 Å². The van der Waals surface area contributed by atoms with Crippen LogP contribution in [0, 0.1) is 11.3 Å². The summed E-state index contributed by atoms with van der Waals surface area (Å²) in [4.78, 5) is 2.25. The minimum Gasteiger partial charge on any atom is -0.381 e. The molecule has 0 N–H and O–H groups in total. The lowest BCUT2D eigenvalue weighted by Gasteiger charge is -2.36. The van der Waals surface area contributed by atoms with Crippen molar-refractivity contribution in [3.05, 3.63) is 11.8 Å². The number of nitrogens with zero attached hydrogens (tertiary/aromatic N) is 1. The van der Waals surface area contributed by atoms with Crippen LogP contribution in [-0.4, -0.2) is 19.0 Å². The second kappa shape index (κ2) is 3.12. The van der Waals surface area contributed by atoms with Gasteiger partial charge in [0.05, 0.1) is 0 Å². The molecule has 1 atom stereocenters. The maximum absolute atomic E-state index is 2.40. The first kappa shape index (κ1) is 9.63.